The van der Waals surface area contributed by atoms with E-state index >= 15 is 0 Å². The lowest BCUT2D eigenvalue weighted by Gasteiger charge is -2.14. The van der Waals surface area contributed by atoms with Gasteiger partial charge < -0.3 is 9.84 Å². The molecular weight excluding hydrogens is 518 g/mol. The van der Waals surface area contributed by atoms with Crippen molar-refractivity contribution in [3.63, 3.8) is 0 Å². The summed E-state index contributed by atoms with van der Waals surface area (Å²) in [5.41, 5.74) is -0.518. The van der Waals surface area contributed by atoms with Gasteiger partial charge in [0, 0.05) is 10.6 Å². The zero-order valence-corrected chi connectivity index (χ0v) is 20.3. The number of carboxylic acid groups (broad SMARTS) is 1. The van der Waals surface area contributed by atoms with Crippen LogP contribution in [0, 0.1) is 0 Å². The number of rotatable bonds is 9. The maximum atomic E-state index is 13.3. The van der Waals surface area contributed by atoms with E-state index < -0.39 is 36.1 Å². The Morgan fingerprint density at radius 3 is 1.95 bits per heavy atom. The van der Waals surface area contributed by atoms with Crippen molar-refractivity contribution in [1.82, 2.24) is 0 Å². The van der Waals surface area contributed by atoms with Gasteiger partial charge >= 0.3 is 18.3 Å². The largest absolute Gasteiger partial charge is 0.482 e. The zero-order chi connectivity index (χ0) is 27.2. The van der Waals surface area contributed by atoms with Crippen LogP contribution >= 0.6 is 11.8 Å². The molecule has 0 aliphatic rings. The molecule has 0 atom stereocenters. The van der Waals surface area contributed by atoms with Crippen LogP contribution in [0.1, 0.15) is 34.7 Å². The fourth-order valence-corrected chi connectivity index (χ4v) is 4.38. The van der Waals surface area contributed by atoms with Crippen LogP contribution in [0.2, 0.25) is 0 Å². The summed E-state index contributed by atoms with van der Waals surface area (Å²) in [6, 6.07) is 14.1. The summed E-state index contributed by atoms with van der Waals surface area (Å²) in [7, 11) is 0. The highest BCUT2D eigenvalue weighted by Crippen LogP contribution is 2.36. The van der Waals surface area contributed by atoms with E-state index in [-0.39, 0.29) is 22.5 Å². The van der Waals surface area contributed by atoms with Gasteiger partial charge in [-0.3, -0.25) is 0 Å². The van der Waals surface area contributed by atoms with Gasteiger partial charge in [-0.2, -0.15) is 26.3 Å². The number of aliphatic carboxylic acids is 1. The topological polar surface area (TPSA) is 46.5 Å². The van der Waals surface area contributed by atoms with Crippen molar-refractivity contribution in [2.45, 2.75) is 30.6 Å². The van der Waals surface area contributed by atoms with E-state index in [1.807, 2.05) is 13.0 Å². The van der Waals surface area contributed by atoms with Crippen molar-refractivity contribution in [2.75, 3.05) is 12.4 Å². The molecule has 37 heavy (non-hydrogen) atoms. The standard InChI is InChI=1S/C27H22F6O3S/c1-2-17-15-22(9-10-24(17)36-16-25(34)35)37-12-11-23(18-5-3-7-20(13-18)26(28,29)30)19-6-4-8-21(14-19)27(31,32)33/h3-11,13-15H,2,12,16H2,1H3,(H,34,35). The number of hydrogen-bond acceptors (Lipinski definition) is 3. The number of carboxylic acids is 1. The third-order valence-corrected chi connectivity index (χ3v) is 6.22. The Kier molecular flexibility index (Phi) is 8.96. The molecule has 0 unspecified atom stereocenters. The summed E-state index contributed by atoms with van der Waals surface area (Å²) in [6.45, 7) is 1.39. The Morgan fingerprint density at radius 1 is 0.892 bits per heavy atom. The summed E-state index contributed by atoms with van der Waals surface area (Å²) in [5, 5.41) is 8.81. The monoisotopic (exact) mass is 540 g/mol. The quantitative estimate of drug-likeness (QED) is 0.221. The van der Waals surface area contributed by atoms with Crippen LogP contribution in [0.25, 0.3) is 5.57 Å². The molecular formula is C27H22F6O3S. The number of benzene rings is 3. The van der Waals surface area contributed by atoms with Gasteiger partial charge in [0.15, 0.2) is 6.61 Å². The summed E-state index contributed by atoms with van der Waals surface area (Å²) < 4.78 is 85.2. The Balaban J connectivity index is 1.95. The maximum absolute atomic E-state index is 13.3. The predicted molar refractivity (Wildman–Crippen MR) is 130 cm³/mol. The smallest absolute Gasteiger partial charge is 0.416 e. The van der Waals surface area contributed by atoms with Crippen molar-refractivity contribution in [2.24, 2.45) is 0 Å². The van der Waals surface area contributed by atoms with E-state index in [1.165, 1.54) is 36.0 Å². The van der Waals surface area contributed by atoms with Gasteiger partial charge in [-0.25, -0.2) is 4.79 Å². The number of alkyl halides is 6. The van der Waals surface area contributed by atoms with E-state index in [2.05, 4.69) is 0 Å². The van der Waals surface area contributed by atoms with Crippen LogP contribution in [0.15, 0.2) is 77.7 Å². The first-order valence-electron chi connectivity index (χ1n) is 11.0. The molecule has 0 aromatic heterocycles. The lowest BCUT2D eigenvalue weighted by Crippen LogP contribution is -2.10. The minimum Gasteiger partial charge on any atom is -0.482 e. The van der Waals surface area contributed by atoms with Crippen LogP contribution in [-0.4, -0.2) is 23.4 Å². The lowest BCUT2D eigenvalue weighted by atomic mass is 9.95. The van der Waals surface area contributed by atoms with Gasteiger partial charge in [0.1, 0.15) is 5.75 Å². The molecule has 0 saturated heterocycles. The molecule has 0 amide bonds. The highest BCUT2D eigenvalue weighted by atomic mass is 32.2. The number of aryl methyl sites for hydroxylation is 1. The molecule has 0 radical (unpaired) electrons. The number of thioether (sulfide) groups is 1. The van der Waals surface area contributed by atoms with Crippen molar-refractivity contribution < 1.29 is 41.0 Å². The minimum atomic E-state index is -4.61. The molecule has 0 aliphatic carbocycles. The van der Waals surface area contributed by atoms with Crippen LogP contribution in [-0.2, 0) is 23.6 Å². The van der Waals surface area contributed by atoms with Crippen LogP contribution in [0.5, 0.6) is 5.75 Å². The second kappa shape index (κ2) is 11.8. The van der Waals surface area contributed by atoms with E-state index in [0.29, 0.717) is 12.2 Å². The lowest BCUT2D eigenvalue weighted by molar-refractivity contribution is -0.139. The molecule has 0 fully saturated rings. The number of ether oxygens (including phenoxy) is 1. The van der Waals surface area contributed by atoms with E-state index in [9.17, 15) is 31.1 Å². The molecule has 0 bridgehead atoms. The zero-order valence-electron chi connectivity index (χ0n) is 19.5. The number of halogens is 6. The average molecular weight is 541 g/mol. The SMILES string of the molecule is CCc1cc(SCC=C(c2cccc(C(F)(F)F)c2)c2cccc(C(F)(F)F)c2)ccc1OCC(=O)O. The molecule has 0 saturated carbocycles. The molecule has 0 spiro atoms. The second-order valence-electron chi connectivity index (χ2n) is 7.89. The molecule has 196 valence electrons. The molecule has 0 aliphatic heterocycles. The normalized spacial score (nSPS) is 11.8. The first-order chi connectivity index (χ1) is 17.4. The Bertz CT molecular complexity index is 1220. The third-order valence-electron chi connectivity index (χ3n) is 5.30. The van der Waals surface area contributed by atoms with E-state index in [4.69, 9.17) is 9.84 Å². The van der Waals surface area contributed by atoms with Crippen molar-refractivity contribution >= 4 is 23.3 Å². The van der Waals surface area contributed by atoms with E-state index in [1.54, 1.807) is 18.2 Å². The Hall–Kier alpha value is -3.40. The summed E-state index contributed by atoms with van der Waals surface area (Å²) in [4.78, 5) is 11.6. The van der Waals surface area contributed by atoms with Crippen molar-refractivity contribution in [3.05, 3.63) is 101 Å². The minimum absolute atomic E-state index is 0.140. The molecule has 1 N–H and O–H groups in total. The highest BCUT2D eigenvalue weighted by Gasteiger charge is 2.32. The number of hydrogen-bond donors (Lipinski definition) is 1. The summed E-state index contributed by atoms with van der Waals surface area (Å²) in [5.74, 6) is -0.430. The predicted octanol–water partition coefficient (Wildman–Crippen LogP) is 7.97. The number of carbonyl (C=O) groups is 1. The third kappa shape index (κ3) is 7.79. The highest BCUT2D eigenvalue weighted by molar-refractivity contribution is 7.99. The first kappa shape index (κ1) is 28.2. The summed E-state index contributed by atoms with van der Waals surface area (Å²) >= 11 is 1.33. The summed E-state index contributed by atoms with van der Waals surface area (Å²) in [6.07, 6.45) is -7.05. The maximum Gasteiger partial charge on any atom is 0.416 e. The van der Waals surface area contributed by atoms with Crippen LogP contribution < -0.4 is 4.74 Å². The second-order valence-corrected chi connectivity index (χ2v) is 8.98. The molecule has 3 aromatic rings. The average Bonchev–Trinajstić information content (AvgIpc) is 2.84. The van der Waals surface area contributed by atoms with Crippen molar-refractivity contribution in [3.8, 4) is 5.75 Å². The van der Waals surface area contributed by atoms with E-state index in [0.717, 1.165) is 34.7 Å². The Morgan fingerprint density at radius 2 is 1.46 bits per heavy atom. The van der Waals surface area contributed by atoms with Gasteiger partial charge in [0.25, 0.3) is 0 Å². The van der Waals surface area contributed by atoms with Gasteiger partial charge in [-0.1, -0.05) is 37.3 Å². The van der Waals surface area contributed by atoms with Crippen LogP contribution in [0.3, 0.4) is 0 Å². The molecule has 3 aromatic carbocycles. The molecule has 10 heteroatoms. The van der Waals surface area contributed by atoms with Gasteiger partial charge in [0.05, 0.1) is 11.1 Å². The molecule has 3 nitrogen and oxygen atoms in total. The van der Waals surface area contributed by atoms with Crippen molar-refractivity contribution in [1.29, 1.82) is 0 Å². The Labute approximate surface area is 213 Å². The first-order valence-corrected chi connectivity index (χ1v) is 12.0. The van der Waals surface area contributed by atoms with Gasteiger partial charge in [-0.05, 0) is 71.1 Å². The molecule has 3 rings (SSSR count). The fourth-order valence-electron chi connectivity index (χ4n) is 3.55. The van der Waals surface area contributed by atoms with Gasteiger partial charge in [-0.15, -0.1) is 11.8 Å². The van der Waals surface area contributed by atoms with Crippen LogP contribution in [0.4, 0.5) is 26.3 Å². The fraction of sp³-hybridized carbons (Fsp3) is 0.222. The molecule has 0 heterocycles. The van der Waals surface area contributed by atoms with Gasteiger partial charge in [0.2, 0.25) is 0 Å².